The Kier molecular flexibility index (Phi) is 4.14. The number of benzene rings is 1. The quantitative estimate of drug-likeness (QED) is 0.851. The molecule has 21 heavy (non-hydrogen) atoms. The Bertz CT molecular complexity index is 569. The van der Waals surface area contributed by atoms with Crippen molar-refractivity contribution in [3.05, 3.63) is 29.6 Å². The van der Waals surface area contributed by atoms with Gasteiger partial charge in [-0.15, -0.1) is 0 Å². The number of hydrogen-bond donors (Lipinski definition) is 1. The van der Waals surface area contributed by atoms with Crippen LogP contribution in [-0.2, 0) is 4.74 Å². The molecule has 2 fully saturated rings. The van der Waals surface area contributed by atoms with Gasteiger partial charge in [-0.05, 0) is 31.4 Å². The van der Waals surface area contributed by atoms with Crippen molar-refractivity contribution in [1.29, 1.82) is 0 Å². The molecule has 1 aromatic rings. The lowest BCUT2D eigenvalue weighted by Gasteiger charge is -2.46. The van der Waals surface area contributed by atoms with Crippen molar-refractivity contribution in [3.8, 4) is 17.6 Å². The van der Waals surface area contributed by atoms with E-state index in [0.717, 1.165) is 25.7 Å². The minimum Gasteiger partial charge on any atom is -0.489 e. The predicted molar refractivity (Wildman–Crippen MR) is 76.5 cm³/mol. The van der Waals surface area contributed by atoms with Crippen molar-refractivity contribution >= 4 is 0 Å². The molecular formula is C17H19FO3. The lowest BCUT2D eigenvalue weighted by molar-refractivity contribution is -0.153. The Morgan fingerprint density at radius 1 is 1.43 bits per heavy atom. The third-order valence-electron chi connectivity index (χ3n) is 4.25. The van der Waals surface area contributed by atoms with Gasteiger partial charge in [-0.1, -0.05) is 11.8 Å². The number of aliphatic hydroxyl groups excluding tert-OH is 1. The van der Waals surface area contributed by atoms with E-state index in [9.17, 15) is 4.39 Å². The molecule has 1 atom stereocenters. The van der Waals surface area contributed by atoms with Gasteiger partial charge in [-0.2, -0.15) is 0 Å². The monoisotopic (exact) mass is 290 g/mol. The summed E-state index contributed by atoms with van der Waals surface area (Å²) in [4.78, 5) is 0. The molecule has 0 aromatic heterocycles. The molecule has 4 heteroatoms. The molecule has 112 valence electrons. The highest BCUT2D eigenvalue weighted by atomic mass is 19.1. The van der Waals surface area contributed by atoms with Crippen LogP contribution in [0.25, 0.3) is 0 Å². The normalized spacial score (nSPS) is 23.0. The summed E-state index contributed by atoms with van der Waals surface area (Å²) in [5, 5.41) is 8.80. The fraction of sp³-hybridized carbons (Fsp3) is 0.529. The highest BCUT2D eigenvalue weighted by Crippen LogP contribution is 2.43. The summed E-state index contributed by atoms with van der Waals surface area (Å²) in [6, 6.07) is 4.31. The molecular weight excluding hydrogens is 271 g/mol. The summed E-state index contributed by atoms with van der Waals surface area (Å²) in [6.45, 7) is 0.467. The molecule has 1 saturated heterocycles. The molecule has 1 aromatic carbocycles. The SMILES string of the molecule is OCC#Cc1ccc(F)cc1OC1CCOC2(CCC2)C1. The standard InChI is InChI=1S/C17H19FO3/c18-14-5-4-13(3-1-9-19)16(11-14)21-15-6-10-20-17(12-15)7-2-8-17/h4-5,11,15,19H,2,6-10,12H2. The number of rotatable bonds is 2. The highest BCUT2D eigenvalue weighted by Gasteiger charge is 2.43. The van der Waals surface area contributed by atoms with Crippen LogP contribution in [0.1, 0.15) is 37.7 Å². The van der Waals surface area contributed by atoms with Crippen molar-refractivity contribution in [1.82, 2.24) is 0 Å². The molecule has 1 unspecified atom stereocenters. The van der Waals surface area contributed by atoms with E-state index in [2.05, 4.69) is 11.8 Å². The van der Waals surface area contributed by atoms with Gasteiger partial charge >= 0.3 is 0 Å². The van der Waals surface area contributed by atoms with Crippen LogP contribution in [0.15, 0.2) is 18.2 Å². The van der Waals surface area contributed by atoms with Gasteiger partial charge in [0.1, 0.15) is 24.3 Å². The molecule has 2 aliphatic rings. The van der Waals surface area contributed by atoms with Gasteiger partial charge in [0.2, 0.25) is 0 Å². The molecule has 1 aliphatic carbocycles. The van der Waals surface area contributed by atoms with Crippen molar-refractivity contribution in [2.75, 3.05) is 13.2 Å². The molecule has 3 nitrogen and oxygen atoms in total. The van der Waals surface area contributed by atoms with Gasteiger partial charge in [-0.3, -0.25) is 0 Å². The van der Waals surface area contributed by atoms with Crippen LogP contribution in [0.4, 0.5) is 4.39 Å². The van der Waals surface area contributed by atoms with Crippen LogP contribution in [0.5, 0.6) is 5.75 Å². The molecule has 1 spiro atoms. The molecule has 1 N–H and O–H groups in total. The summed E-state index contributed by atoms with van der Waals surface area (Å²) in [6.07, 6.45) is 5.09. The molecule has 0 radical (unpaired) electrons. The highest BCUT2D eigenvalue weighted by molar-refractivity contribution is 5.46. The third-order valence-corrected chi connectivity index (χ3v) is 4.25. The van der Waals surface area contributed by atoms with Crippen LogP contribution in [0.2, 0.25) is 0 Å². The topological polar surface area (TPSA) is 38.7 Å². The van der Waals surface area contributed by atoms with Crippen LogP contribution >= 0.6 is 0 Å². The fourth-order valence-corrected chi connectivity index (χ4v) is 3.01. The van der Waals surface area contributed by atoms with Gasteiger partial charge in [0.05, 0.1) is 17.8 Å². The Morgan fingerprint density at radius 2 is 2.29 bits per heavy atom. The molecule has 0 bridgehead atoms. The van der Waals surface area contributed by atoms with Crippen LogP contribution in [0.3, 0.4) is 0 Å². The van der Waals surface area contributed by atoms with Gasteiger partial charge in [0, 0.05) is 18.9 Å². The molecule has 1 heterocycles. The first-order valence-corrected chi connectivity index (χ1v) is 7.41. The van der Waals surface area contributed by atoms with Crippen LogP contribution in [0, 0.1) is 17.7 Å². The number of ether oxygens (including phenoxy) is 2. The lowest BCUT2D eigenvalue weighted by atomic mass is 9.74. The van der Waals surface area contributed by atoms with Crippen molar-refractivity contribution in [2.45, 2.75) is 43.8 Å². The van der Waals surface area contributed by atoms with Crippen molar-refractivity contribution in [2.24, 2.45) is 0 Å². The maximum absolute atomic E-state index is 13.5. The summed E-state index contributed by atoms with van der Waals surface area (Å²) in [5.41, 5.74) is 0.604. The average Bonchev–Trinajstić information content (AvgIpc) is 2.45. The maximum Gasteiger partial charge on any atom is 0.138 e. The Balaban J connectivity index is 1.75. The first-order valence-electron chi connectivity index (χ1n) is 7.41. The first kappa shape index (κ1) is 14.4. The van der Waals surface area contributed by atoms with E-state index in [-0.39, 0.29) is 24.1 Å². The molecule has 1 saturated carbocycles. The van der Waals surface area contributed by atoms with Crippen LogP contribution < -0.4 is 4.74 Å². The van der Waals surface area contributed by atoms with Gasteiger partial charge in [-0.25, -0.2) is 4.39 Å². The van der Waals surface area contributed by atoms with Gasteiger partial charge in [0.15, 0.2) is 0 Å². The number of aliphatic hydroxyl groups is 1. The summed E-state index contributed by atoms with van der Waals surface area (Å²) in [5.74, 6) is 5.50. The molecule has 3 rings (SSSR count). The third kappa shape index (κ3) is 3.20. The van der Waals surface area contributed by atoms with Crippen LogP contribution in [-0.4, -0.2) is 30.0 Å². The zero-order valence-electron chi connectivity index (χ0n) is 11.9. The Labute approximate surface area is 124 Å². The first-order chi connectivity index (χ1) is 10.2. The fourth-order valence-electron chi connectivity index (χ4n) is 3.01. The second-order valence-electron chi connectivity index (χ2n) is 5.72. The summed E-state index contributed by atoms with van der Waals surface area (Å²) < 4.78 is 25.3. The largest absolute Gasteiger partial charge is 0.489 e. The number of halogens is 1. The zero-order valence-corrected chi connectivity index (χ0v) is 11.9. The molecule has 1 aliphatic heterocycles. The van der Waals surface area contributed by atoms with Crippen molar-refractivity contribution in [3.63, 3.8) is 0 Å². The Morgan fingerprint density at radius 3 is 3.00 bits per heavy atom. The lowest BCUT2D eigenvalue weighted by Crippen LogP contribution is -2.48. The van der Waals surface area contributed by atoms with E-state index in [1.54, 1.807) is 6.07 Å². The molecule has 0 amide bonds. The van der Waals surface area contributed by atoms with E-state index in [1.807, 2.05) is 0 Å². The Hall–Kier alpha value is -1.57. The van der Waals surface area contributed by atoms with Gasteiger partial charge in [0.25, 0.3) is 0 Å². The van der Waals surface area contributed by atoms with E-state index >= 15 is 0 Å². The minimum atomic E-state index is -0.343. The maximum atomic E-state index is 13.5. The zero-order chi connectivity index (χ0) is 14.7. The minimum absolute atomic E-state index is 0.00676. The second-order valence-corrected chi connectivity index (χ2v) is 5.72. The van der Waals surface area contributed by atoms with E-state index < -0.39 is 0 Å². The second kappa shape index (κ2) is 6.05. The van der Waals surface area contributed by atoms with Crippen molar-refractivity contribution < 1.29 is 19.0 Å². The summed E-state index contributed by atoms with van der Waals surface area (Å²) >= 11 is 0. The van der Waals surface area contributed by atoms with E-state index in [0.29, 0.717) is 17.9 Å². The van der Waals surface area contributed by atoms with E-state index in [4.69, 9.17) is 14.6 Å². The average molecular weight is 290 g/mol. The summed E-state index contributed by atoms with van der Waals surface area (Å²) in [7, 11) is 0. The van der Waals surface area contributed by atoms with Gasteiger partial charge < -0.3 is 14.6 Å². The predicted octanol–water partition coefficient (Wildman–Crippen LogP) is 2.65. The van der Waals surface area contributed by atoms with E-state index in [1.165, 1.54) is 18.6 Å². The smallest absolute Gasteiger partial charge is 0.138 e. The number of hydrogen-bond acceptors (Lipinski definition) is 3.